The van der Waals surface area contributed by atoms with Gasteiger partial charge >= 0.3 is 0 Å². The lowest BCUT2D eigenvalue weighted by atomic mass is 10.1. The lowest BCUT2D eigenvalue weighted by Gasteiger charge is -2.14. The molecule has 0 radical (unpaired) electrons. The molecule has 0 aromatic heterocycles. The first-order valence-corrected chi connectivity index (χ1v) is 4.72. The van der Waals surface area contributed by atoms with E-state index < -0.39 is 6.10 Å². The number of hydrogen-bond acceptors (Lipinski definition) is 2. The highest BCUT2D eigenvalue weighted by molar-refractivity contribution is 6.03. The molecule has 1 amide bonds. The summed E-state index contributed by atoms with van der Waals surface area (Å²) in [6.07, 6.45) is -0.411. The Balaban J connectivity index is 2.50. The van der Waals surface area contributed by atoms with Crippen LogP contribution in [-0.2, 0) is 9.53 Å². The third-order valence-electron chi connectivity index (χ3n) is 2.55. The van der Waals surface area contributed by atoms with E-state index in [1.54, 1.807) is 12.0 Å². The molecule has 14 heavy (non-hydrogen) atoms. The van der Waals surface area contributed by atoms with Crippen molar-refractivity contribution in [2.75, 3.05) is 18.6 Å². The van der Waals surface area contributed by atoms with Crippen molar-refractivity contribution in [1.82, 2.24) is 0 Å². The zero-order chi connectivity index (χ0) is 10.1. The molecular weight excluding hydrogens is 178 g/mol. The topological polar surface area (TPSA) is 29.5 Å². The number of fused-ring (bicyclic) bond motifs is 1. The van der Waals surface area contributed by atoms with Crippen LogP contribution in [0.2, 0.25) is 0 Å². The highest BCUT2D eigenvalue weighted by Crippen LogP contribution is 2.36. The molecule has 0 saturated heterocycles. The van der Waals surface area contributed by atoms with E-state index in [9.17, 15) is 4.79 Å². The van der Waals surface area contributed by atoms with E-state index in [0.29, 0.717) is 6.54 Å². The molecule has 0 saturated carbocycles. The van der Waals surface area contributed by atoms with Crippen LogP contribution >= 0.6 is 0 Å². The first kappa shape index (κ1) is 9.21. The molecule has 1 aliphatic heterocycles. The van der Waals surface area contributed by atoms with Gasteiger partial charge in [0, 0.05) is 19.2 Å². The summed E-state index contributed by atoms with van der Waals surface area (Å²) in [6.45, 7) is 2.66. The van der Waals surface area contributed by atoms with Crippen LogP contribution in [-0.4, -0.2) is 19.6 Å². The fourth-order valence-electron chi connectivity index (χ4n) is 1.90. The van der Waals surface area contributed by atoms with Gasteiger partial charge in [-0.05, 0) is 13.0 Å². The minimum Gasteiger partial charge on any atom is -0.367 e. The Labute approximate surface area is 83.3 Å². The predicted octanol–water partition coefficient (Wildman–Crippen LogP) is 1.74. The van der Waals surface area contributed by atoms with Crippen molar-refractivity contribution in [2.24, 2.45) is 0 Å². The van der Waals surface area contributed by atoms with Crippen LogP contribution in [0.4, 0.5) is 5.69 Å². The number of rotatable bonds is 2. The Kier molecular flexibility index (Phi) is 2.25. The van der Waals surface area contributed by atoms with Gasteiger partial charge in [-0.3, -0.25) is 4.79 Å². The maximum Gasteiger partial charge on any atom is 0.260 e. The Morgan fingerprint density at radius 2 is 2.14 bits per heavy atom. The largest absolute Gasteiger partial charge is 0.367 e. The molecular formula is C11H13NO2. The molecule has 1 aromatic rings. The summed E-state index contributed by atoms with van der Waals surface area (Å²) < 4.78 is 5.19. The summed E-state index contributed by atoms with van der Waals surface area (Å²) in [5.41, 5.74) is 1.95. The van der Waals surface area contributed by atoms with Crippen LogP contribution in [0.1, 0.15) is 18.6 Å². The van der Waals surface area contributed by atoms with Crippen LogP contribution < -0.4 is 4.90 Å². The number of amides is 1. The number of carbonyl (C=O) groups excluding carboxylic acids is 1. The quantitative estimate of drug-likeness (QED) is 0.712. The SMILES string of the molecule is CCN1C(=O)C(OC)c2ccccc21. The smallest absolute Gasteiger partial charge is 0.260 e. The van der Waals surface area contributed by atoms with E-state index in [0.717, 1.165) is 11.3 Å². The second kappa shape index (κ2) is 3.42. The summed E-state index contributed by atoms with van der Waals surface area (Å²) >= 11 is 0. The molecule has 3 heteroatoms. The average molecular weight is 191 g/mol. The highest BCUT2D eigenvalue weighted by Gasteiger charge is 2.35. The molecule has 1 atom stereocenters. The molecule has 0 aliphatic carbocycles. The van der Waals surface area contributed by atoms with Crippen molar-refractivity contribution < 1.29 is 9.53 Å². The Morgan fingerprint density at radius 1 is 1.43 bits per heavy atom. The van der Waals surface area contributed by atoms with Crippen LogP contribution in [0, 0.1) is 0 Å². The van der Waals surface area contributed by atoms with Crippen molar-refractivity contribution >= 4 is 11.6 Å². The Bertz CT molecular complexity index is 329. The van der Waals surface area contributed by atoms with Crippen molar-refractivity contribution in [2.45, 2.75) is 13.0 Å². The molecule has 3 nitrogen and oxygen atoms in total. The molecule has 1 heterocycles. The number of hydrogen-bond donors (Lipinski definition) is 0. The molecule has 1 aliphatic rings. The second-order valence-electron chi connectivity index (χ2n) is 3.26. The van der Waals surface area contributed by atoms with E-state index in [2.05, 4.69) is 0 Å². The number of ether oxygens (including phenoxy) is 1. The third-order valence-corrected chi connectivity index (χ3v) is 2.55. The summed E-state index contributed by atoms with van der Waals surface area (Å²) in [6, 6.07) is 7.76. The number of anilines is 1. The van der Waals surface area contributed by atoms with E-state index in [1.165, 1.54) is 0 Å². The van der Waals surface area contributed by atoms with Gasteiger partial charge in [-0.15, -0.1) is 0 Å². The molecule has 0 bridgehead atoms. The fraction of sp³-hybridized carbons (Fsp3) is 0.364. The minimum absolute atomic E-state index is 0.0381. The van der Waals surface area contributed by atoms with Gasteiger partial charge in [-0.2, -0.15) is 0 Å². The average Bonchev–Trinajstić information content (AvgIpc) is 2.49. The monoisotopic (exact) mass is 191 g/mol. The molecule has 1 aromatic carbocycles. The standard InChI is InChI=1S/C11H13NO2/c1-3-12-9-7-5-4-6-8(9)10(14-2)11(12)13/h4-7,10H,3H2,1-2H3. The number of methoxy groups -OCH3 is 1. The van der Waals surface area contributed by atoms with Gasteiger partial charge in [-0.1, -0.05) is 18.2 Å². The van der Waals surface area contributed by atoms with E-state index in [4.69, 9.17) is 4.74 Å². The van der Waals surface area contributed by atoms with Crippen LogP contribution in [0.15, 0.2) is 24.3 Å². The zero-order valence-electron chi connectivity index (χ0n) is 8.36. The maximum absolute atomic E-state index is 11.8. The van der Waals surface area contributed by atoms with Crippen molar-refractivity contribution in [1.29, 1.82) is 0 Å². The normalized spacial score (nSPS) is 20.0. The van der Waals surface area contributed by atoms with Gasteiger partial charge in [0.05, 0.1) is 5.69 Å². The van der Waals surface area contributed by atoms with E-state index >= 15 is 0 Å². The predicted molar refractivity (Wildman–Crippen MR) is 54.2 cm³/mol. The van der Waals surface area contributed by atoms with Crippen LogP contribution in [0.3, 0.4) is 0 Å². The zero-order valence-corrected chi connectivity index (χ0v) is 8.36. The third kappa shape index (κ3) is 1.13. The molecule has 0 N–H and O–H groups in total. The minimum atomic E-state index is -0.411. The highest BCUT2D eigenvalue weighted by atomic mass is 16.5. The van der Waals surface area contributed by atoms with Crippen molar-refractivity contribution in [3.63, 3.8) is 0 Å². The van der Waals surface area contributed by atoms with Crippen LogP contribution in [0.5, 0.6) is 0 Å². The van der Waals surface area contributed by atoms with E-state index in [-0.39, 0.29) is 5.91 Å². The summed E-state index contributed by atoms with van der Waals surface area (Å²) in [5, 5.41) is 0. The lowest BCUT2D eigenvalue weighted by molar-refractivity contribution is -0.127. The summed E-state index contributed by atoms with van der Waals surface area (Å²) in [7, 11) is 1.57. The lowest BCUT2D eigenvalue weighted by Crippen LogP contribution is -2.28. The van der Waals surface area contributed by atoms with Gasteiger partial charge in [0.2, 0.25) is 0 Å². The molecule has 74 valence electrons. The van der Waals surface area contributed by atoms with Gasteiger partial charge in [0.25, 0.3) is 5.91 Å². The van der Waals surface area contributed by atoms with E-state index in [1.807, 2.05) is 31.2 Å². The van der Waals surface area contributed by atoms with Crippen LogP contribution in [0.25, 0.3) is 0 Å². The number of carbonyl (C=O) groups is 1. The van der Waals surface area contributed by atoms with Gasteiger partial charge in [0.15, 0.2) is 6.10 Å². The first-order chi connectivity index (χ1) is 6.79. The van der Waals surface area contributed by atoms with Crippen molar-refractivity contribution in [3.05, 3.63) is 29.8 Å². The van der Waals surface area contributed by atoms with Gasteiger partial charge in [0.1, 0.15) is 0 Å². The maximum atomic E-state index is 11.8. The summed E-state index contributed by atoms with van der Waals surface area (Å²) in [5.74, 6) is 0.0381. The number of benzene rings is 1. The molecule has 1 unspecified atom stereocenters. The number of para-hydroxylation sites is 1. The number of nitrogens with zero attached hydrogens (tertiary/aromatic N) is 1. The first-order valence-electron chi connectivity index (χ1n) is 4.72. The second-order valence-corrected chi connectivity index (χ2v) is 3.26. The number of likely N-dealkylation sites (N-methyl/N-ethyl adjacent to an activating group) is 1. The van der Waals surface area contributed by atoms with Gasteiger partial charge < -0.3 is 9.64 Å². The fourth-order valence-corrected chi connectivity index (χ4v) is 1.90. The molecule has 0 spiro atoms. The van der Waals surface area contributed by atoms with Crippen molar-refractivity contribution in [3.8, 4) is 0 Å². The molecule has 0 fully saturated rings. The summed E-state index contributed by atoms with van der Waals surface area (Å²) in [4.78, 5) is 13.6. The molecule has 2 rings (SSSR count). The Morgan fingerprint density at radius 3 is 2.79 bits per heavy atom. The Hall–Kier alpha value is -1.35. The van der Waals surface area contributed by atoms with Gasteiger partial charge in [-0.25, -0.2) is 0 Å².